The van der Waals surface area contributed by atoms with Crippen LogP contribution in [-0.4, -0.2) is 22.8 Å². The average Bonchev–Trinajstić information content (AvgIpc) is 2.29. The molecule has 98 valence electrons. The van der Waals surface area contributed by atoms with Crippen molar-refractivity contribution < 1.29 is 4.79 Å². The quantitative estimate of drug-likeness (QED) is 0.737. The van der Waals surface area contributed by atoms with Crippen LogP contribution in [0.25, 0.3) is 5.57 Å². The standard InChI is InChI=1S/C16H23NO/c1-12(2)17(13(3)4)11-16(14(5)18)15-9-7-6-8-10-15/h6-13H,1-5H3/b16-11+. The summed E-state index contributed by atoms with van der Waals surface area (Å²) in [4.78, 5) is 14.0. The average molecular weight is 245 g/mol. The van der Waals surface area contributed by atoms with Gasteiger partial charge >= 0.3 is 0 Å². The first kappa shape index (κ1) is 14.5. The van der Waals surface area contributed by atoms with Gasteiger partial charge in [0.1, 0.15) is 0 Å². The van der Waals surface area contributed by atoms with E-state index in [1.807, 2.05) is 36.5 Å². The van der Waals surface area contributed by atoms with Crippen LogP contribution in [0.5, 0.6) is 0 Å². The van der Waals surface area contributed by atoms with Crippen molar-refractivity contribution in [2.45, 2.75) is 46.7 Å². The van der Waals surface area contributed by atoms with Crippen molar-refractivity contribution >= 4 is 11.4 Å². The molecule has 1 aromatic rings. The number of hydrogen-bond donors (Lipinski definition) is 0. The summed E-state index contributed by atoms with van der Waals surface area (Å²) in [5, 5.41) is 0. The van der Waals surface area contributed by atoms with Gasteiger partial charge in [-0.25, -0.2) is 0 Å². The molecule has 0 aromatic heterocycles. The smallest absolute Gasteiger partial charge is 0.161 e. The Kier molecular flexibility index (Phi) is 5.14. The molecule has 0 atom stereocenters. The van der Waals surface area contributed by atoms with Crippen LogP contribution >= 0.6 is 0 Å². The zero-order valence-electron chi connectivity index (χ0n) is 12.0. The molecule has 0 aliphatic carbocycles. The topological polar surface area (TPSA) is 20.3 Å². The molecule has 0 radical (unpaired) electrons. The molecule has 0 saturated heterocycles. The molecule has 0 fully saturated rings. The predicted molar refractivity (Wildman–Crippen MR) is 77.2 cm³/mol. The van der Waals surface area contributed by atoms with Crippen molar-refractivity contribution in [1.29, 1.82) is 0 Å². The second-order valence-corrected chi connectivity index (χ2v) is 5.10. The minimum atomic E-state index is 0.104. The molecule has 0 unspecified atom stereocenters. The number of rotatable bonds is 5. The van der Waals surface area contributed by atoms with Gasteiger partial charge in [0.05, 0.1) is 0 Å². The van der Waals surface area contributed by atoms with Crippen LogP contribution in [0, 0.1) is 0 Å². The maximum absolute atomic E-state index is 11.8. The number of benzene rings is 1. The molecular weight excluding hydrogens is 222 g/mol. The summed E-state index contributed by atoms with van der Waals surface area (Å²) in [6, 6.07) is 10.6. The highest BCUT2D eigenvalue weighted by molar-refractivity contribution is 6.19. The molecule has 0 aliphatic rings. The minimum absolute atomic E-state index is 0.104. The summed E-state index contributed by atoms with van der Waals surface area (Å²) in [6.45, 7) is 10.2. The van der Waals surface area contributed by atoms with Crippen molar-refractivity contribution in [3.05, 3.63) is 42.1 Å². The molecule has 0 heterocycles. The maximum Gasteiger partial charge on any atom is 0.161 e. The van der Waals surface area contributed by atoms with Gasteiger partial charge in [-0.05, 0) is 40.2 Å². The van der Waals surface area contributed by atoms with E-state index in [2.05, 4.69) is 32.6 Å². The van der Waals surface area contributed by atoms with Gasteiger partial charge in [-0.1, -0.05) is 30.3 Å². The Balaban J connectivity index is 3.16. The Bertz CT molecular complexity index is 410. The zero-order chi connectivity index (χ0) is 13.7. The Hall–Kier alpha value is -1.57. The van der Waals surface area contributed by atoms with Crippen molar-refractivity contribution in [2.24, 2.45) is 0 Å². The predicted octanol–water partition coefficient (Wildman–Crippen LogP) is 3.74. The summed E-state index contributed by atoms with van der Waals surface area (Å²) in [7, 11) is 0. The van der Waals surface area contributed by atoms with E-state index in [1.165, 1.54) is 0 Å². The van der Waals surface area contributed by atoms with Gasteiger partial charge in [0.15, 0.2) is 5.78 Å². The maximum atomic E-state index is 11.8. The summed E-state index contributed by atoms with van der Waals surface area (Å²) in [5.74, 6) is 0.104. The van der Waals surface area contributed by atoms with E-state index >= 15 is 0 Å². The SMILES string of the molecule is CC(=O)/C(=C\N(C(C)C)C(C)C)c1ccccc1. The number of ketones is 1. The van der Waals surface area contributed by atoms with Crippen LogP contribution in [0.3, 0.4) is 0 Å². The van der Waals surface area contributed by atoms with Crippen LogP contribution in [0.4, 0.5) is 0 Å². The molecule has 0 amide bonds. The first-order valence-electron chi connectivity index (χ1n) is 6.49. The summed E-state index contributed by atoms with van der Waals surface area (Å²) >= 11 is 0. The Morgan fingerprint density at radius 1 is 1.06 bits per heavy atom. The van der Waals surface area contributed by atoms with Crippen LogP contribution in [0.15, 0.2) is 36.5 Å². The number of nitrogens with zero attached hydrogens (tertiary/aromatic N) is 1. The van der Waals surface area contributed by atoms with Gasteiger partial charge in [-0.2, -0.15) is 0 Å². The number of hydrogen-bond acceptors (Lipinski definition) is 2. The van der Waals surface area contributed by atoms with Crippen molar-refractivity contribution in [1.82, 2.24) is 4.90 Å². The summed E-state index contributed by atoms with van der Waals surface area (Å²) in [6.07, 6.45) is 1.99. The fourth-order valence-corrected chi connectivity index (χ4v) is 2.03. The number of Topliss-reactive ketones (excluding diaryl/α,β-unsaturated/α-hetero) is 1. The largest absolute Gasteiger partial charge is 0.372 e. The molecular formula is C16H23NO. The van der Waals surface area contributed by atoms with Crippen LogP contribution in [0.2, 0.25) is 0 Å². The molecule has 2 nitrogen and oxygen atoms in total. The molecule has 0 N–H and O–H groups in total. The third kappa shape index (κ3) is 3.73. The zero-order valence-corrected chi connectivity index (χ0v) is 12.0. The van der Waals surface area contributed by atoms with Crippen LogP contribution < -0.4 is 0 Å². The lowest BCUT2D eigenvalue weighted by atomic mass is 10.0. The lowest BCUT2D eigenvalue weighted by Crippen LogP contribution is -2.32. The fourth-order valence-electron chi connectivity index (χ4n) is 2.03. The summed E-state index contributed by atoms with van der Waals surface area (Å²) < 4.78 is 0. The van der Waals surface area contributed by atoms with Gasteiger partial charge in [0.2, 0.25) is 0 Å². The van der Waals surface area contributed by atoms with E-state index in [-0.39, 0.29) is 5.78 Å². The number of allylic oxidation sites excluding steroid dienone is 1. The van der Waals surface area contributed by atoms with E-state index in [9.17, 15) is 4.79 Å². The van der Waals surface area contributed by atoms with E-state index < -0.39 is 0 Å². The van der Waals surface area contributed by atoms with E-state index in [0.717, 1.165) is 11.1 Å². The van der Waals surface area contributed by atoms with Crippen molar-refractivity contribution in [3.63, 3.8) is 0 Å². The van der Waals surface area contributed by atoms with Gasteiger partial charge in [-0.15, -0.1) is 0 Å². The van der Waals surface area contributed by atoms with Crippen molar-refractivity contribution in [3.8, 4) is 0 Å². The molecule has 1 rings (SSSR count). The second-order valence-electron chi connectivity index (χ2n) is 5.10. The van der Waals surface area contributed by atoms with Gasteiger partial charge in [0.25, 0.3) is 0 Å². The Labute approximate surface area is 110 Å². The lowest BCUT2D eigenvalue weighted by Gasteiger charge is -2.30. The van der Waals surface area contributed by atoms with Crippen LogP contribution in [-0.2, 0) is 4.79 Å². The monoisotopic (exact) mass is 245 g/mol. The highest BCUT2D eigenvalue weighted by atomic mass is 16.1. The third-order valence-corrected chi connectivity index (χ3v) is 2.93. The van der Waals surface area contributed by atoms with Gasteiger partial charge in [-0.3, -0.25) is 4.79 Å². The first-order valence-corrected chi connectivity index (χ1v) is 6.49. The third-order valence-electron chi connectivity index (χ3n) is 2.93. The normalized spacial score (nSPS) is 12.1. The Morgan fingerprint density at radius 2 is 1.56 bits per heavy atom. The van der Waals surface area contributed by atoms with E-state index in [4.69, 9.17) is 0 Å². The second kappa shape index (κ2) is 6.39. The first-order chi connectivity index (χ1) is 8.43. The molecule has 0 spiro atoms. The molecule has 2 heteroatoms. The van der Waals surface area contributed by atoms with E-state index in [0.29, 0.717) is 12.1 Å². The van der Waals surface area contributed by atoms with E-state index in [1.54, 1.807) is 6.92 Å². The minimum Gasteiger partial charge on any atom is -0.372 e. The molecule has 18 heavy (non-hydrogen) atoms. The molecule has 0 saturated carbocycles. The molecule has 1 aromatic carbocycles. The van der Waals surface area contributed by atoms with Crippen molar-refractivity contribution in [2.75, 3.05) is 0 Å². The van der Waals surface area contributed by atoms with Gasteiger partial charge in [0, 0.05) is 23.9 Å². The highest BCUT2D eigenvalue weighted by Gasteiger charge is 2.13. The highest BCUT2D eigenvalue weighted by Crippen LogP contribution is 2.18. The van der Waals surface area contributed by atoms with Crippen LogP contribution in [0.1, 0.15) is 40.2 Å². The lowest BCUT2D eigenvalue weighted by molar-refractivity contribution is -0.111. The Morgan fingerprint density at radius 3 is 1.94 bits per heavy atom. The molecule has 0 bridgehead atoms. The van der Waals surface area contributed by atoms with Gasteiger partial charge < -0.3 is 4.90 Å². The molecule has 0 aliphatic heterocycles. The fraction of sp³-hybridized carbons (Fsp3) is 0.438. The number of carbonyl (C=O) groups is 1. The number of carbonyl (C=O) groups excluding carboxylic acids is 1. The summed E-state index contributed by atoms with van der Waals surface area (Å²) in [5.41, 5.74) is 1.76.